The Hall–Kier alpha value is -3.15. The van der Waals surface area contributed by atoms with Gasteiger partial charge in [0.2, 0.25) is 17.6 Å². The smallest absolute Gasteiger partial charge is 0.246 e. The van der Waals surface area contributed by atoms with Crippen LogP contribution in [0.4, 0.5) is 0 Å². The lowest BCUT2D eigenvalue weighted by molar-refractivity contribution is -0.130. The van der Waals surface area contributed by atoms with Crippen LogP contribution in [-0.2, 0) is 17.8 Å². The molecule has 1 heterocycles. The molecule has 2 aromatic carbocycles. The number of aryl methyl sites for hydroxylation is 3. The van der Waals surface area contributed by atoms with Crippen LogP contribution in [0.25, 0.3) is 11.4 Å². The zero-order valence-electron chi connectivity index (χ0n) is 16.7. The first-order valence-electron chi connectivity index (χ1n) is 9.23. The van der Waals surface area contributed by atoms with E-state index in [1.165, 1.54) is 16.7 Å². The Bertz CT molecular complexity index is 948. The summed E-state index contributed by atoms with van der Waals surface area (Å²) in [6, 6.07) is 13.7. The van der Waals surface area contributed by atoms with E-state index in [4.69, 9.17) is 9.26 Å². The van der Waals surface area contributed by atoms with E-state index in [9.17, 15) is 4.79 Å². The highest BCUT2D eigenvalue weighted by atomic mass is 16.5. The summed E-state index contributed by atoms with van der Waals surface area (Å²) in [6.45, 7) is 4.46. The summed E-state index contributed by atoms with van der Waals surface area (Å²) in [4.78, 5) is 18.4. The largest absolute Gasteiger partial charge is 0.497 e. The van der Waals surface area contributed by atoms with Gasteiger partial charge < -0.3 is 14.2 Å². The topological polar surface area (TPSA) is 68.5 Å². The van der Waals surface area contributed by atoms with Crippen molar-refractivity contribution in [1.82, 2.24) is 15.0 Å². The SMILES string of the molecule is COc1ccc(-c2noc(CN(C)C(=O)CCc3ccc(C)c(C)c3)n2)cc1. The van der Waals surface area contributed by atoms with E-state index in [-0.39, 0.29) is 12.5 Å². The van der Waals surface area contributed by atoms with Gasteiger partial charge in [0, 0.05) is 19.0 Å². The van der Waals surface area contributed by atoms with E-state index in [1.807, 2.05) is 24.3 Å². The molecule has 0 bridgehead atoms. The number of ether oxygens (including phenoxy) is 1. The van der Waals surface area contributed by atoms with E-state index < -0.39 is 0 Å². The summed E-state index contributed by atoms with van der Waals surface area (Å²) < 4.78 is 10.4. The fourth-order valence-electron chi connectivity index (χ4n) is 2.87. The van der Waals surface area contributed by atoms with Gasteiger partial charge in [-0.25, -0.2) is 0 Å². The maximum absolute atomic E-state index is 12.4. The monoisotopic (exact) mass is 379 g/mol. The lowest BCUT2D eigenvalue weighted by Gasteiger charge is -2.14. The van der Waals surface area contributed by atoms with Crippen molar-refractivity contribution in [3.63, 3.8) is 0 Å². The molecule has 0 aliphatic heterocycles. The molecule has 3 aromatic rings. The van der Waals surface area contributed by atoms with Crippen molar-refractivity contribution in [2.75, 3.05) is 14.2 Å². The predicted octanol–water partition coefficient (Wildman–Crippen LogP) is 3.95. The lowest BCUT2D eigenvalue weighted by Crippen LogP contribution is -2.26. The molecule has 0 saturated heterocycles. The first-order valence-corrected chi connectivity index (χ1v) is 9.23. The molecule has 0 spiro atoms. The van der Waals surface area contributed by atoms with Crippen LogP contribution in [-0.4, -0.2) is 35.1 Å². The highest BCUT2D eigenvalue weighted by Gasteiger charge is 2.15. The summed E-state index contributed by atoms with van der Waals surface area (Å²) >= 11 is 0. The maximum Gasteiger partial charge on any atom is 0.246 e. The Morgan fingerprint density at radius 1 is 1.11 bits per heavy atom. The molecule has 0 saturated carbocycles. The van der Waals surface area contributed by atoms with Crippen LogP contribution in [0.2, 0.25) is 0 Å². The van der Waals surface area contributed by atoms with Gasteiger partial charge in [0.15, 0.2) is 0 Å². The van der Waals surface area contributed by atoms with Crippen molar-refractivity contribution in [2.45, 2.75) is 33.2 Å². The molecule has 0 fully saturated rings. The Morgan fingerprint density at radius 2 is 1.86 bits per heavy atom. The zero-order chi connectivity index (χ0) is 20.1. The van der Waals surface area contributed by atoms with Crippen LogP contribution >= 0.6 is 0 Å². The third kappa shape index (κ3) is 4.76. The van der Waals surface area contributed by atoms with Gasteiger partial charge >= 0.3 is 0 Å². The van der Waals surface area contributed by atoms with Crippen molar-refractivity contribution < 1.29 is 14.1 Å². The van der Waals surface area contributed by atoms with Crippen molar-refractivity contribution >= 4 is 5.91 Å². The molecular weight excluding hydrogens is 354 g/mol. The van der Waals surface area contributed by atoms with E-state index in [0.717, 1.165) is 11.3 Å². The first-order chi connectivity index (χ1) is 13.5. The van der Waals surface area contributed by atoms with Gasteiger partial charge in [-0.2, -0.15) is 4.98 Å². The highest BCUT2D eigenvalue weighted by Crippen LogP contribution is 2.20. The van der Waals surface area contributed by atoms with Crippen molar-refractivity contribution in [3.8, 4) is 17.1 Å². The molecule has 6 heteroatoms. The second kappa shape index (κ2) is 8.69. The molecule has 1 aromatic heterocycles. The standard InChI is InChI=1S/C22H25N3O3/c1-15-5-6-17(13-16(15)2)7-12-21(26)25(3)14-20-23-22(24-28-20)18-8-10-19(27-4)11-9-18/h5-6,8-11,13H,7,12,14H2,1-4H3. The number of nitrogens with zero attached hydrogens (tertiary/aromatic N) is 3. The summed E-state index contributed by atoms with van der Waals surface area (Å²) in [5.41, 5.74) is 4.51. The van der Waals surface area contributed by atoms with Crippen molar-refractivity contribution in [2.24, 2.45) is 0 Å². The van der Waals surface area contributed by atoms with Gasteiger partial charge in [0.25, 0.3) is 0 Å². The lowest BCUT2D eigenvalue weighted by atomic mass is 10.0. The number of amides is 1. The second-order valence-electron chi connectivity index (χ2n) is 6.91. The molecule has 0 aliphatic carbocycles. The van der Waals surface area contributed by atoms with Gasteiger partial charge in [0.1, 0.15) is 5.75 Å². The Labute approximate surface area is 165 Å². The van der Waals surface area contributed by atoms with Gasteiger partial charge in [-0.1, -0.05) is 23.4 Å². The maximum atomic E-state index is 12.4. The molecule has 1 amide bonds. The number of methoxy groups -OCH3 is 1. The van der Waals surface area contributed by atoms with Crippen LogP contribution in [0.1, 0.15) is 29.0 Å². The Balaban J connectivity index is 1.56. The minimum absolute atomic E-state index is 0.0439. The molecule has 28 heavy (non-hydrogen) atoms. The number of rotatable bonds is 7. The van der Waals surface area contributed by atoms with Crippen LogP contribution in [0.15, 0.2) is 47.0 Å². The average Bonchev–Trinajstić information content (AvgIpc) is 3.17. The normalized spacial score (nSPS) is 10.7. The number of aromatic nitrogens is 2. The summed E-state index contributed by atoms with van der Waals surface area (Å²) in [5.74, 6) is 1.71. The van der Waals surface area contributed by atoms with E-state index in [2.05, 4.69) is 42.2 Å². The molecule has 6 nitrogen and oxygen atoms in total. The molecule has 0 atom stereocenters. The van der Waals surface area contributed by atoms with E-state index in [1.54, 1.807) is 19.1 Å². The summed E-state index contributed by atoms with van der Waals surface area (Å²) in [5, 5.41) is 4.00. The minimum atomic E-state index is 0.0439. The quantitative estimate of drug-likeness (QED) is 0.622. The first kappa shape index (κ1) is 19.6. The molecule has 0 aliphatic rings. The molecule has 3 rings (SSSR count). The minimum Gasteiger partial charge on any atom is -0.497 e. The zero-order valence-corrected chi connectivity index (χ0v) is 16.7. The van der Waals surface area contributed by atoms with Crippen molar-refractivity contribution in [1.29, 1.82) is 0 Å². The van der Waals surface area contributed by atoms with Crippen LogP contribution in [0, 0.1) is 13.8 Å². The van der Waals surface area contributed by atoms with E-state index >= 15 is 0 Å². The number of carbonyl (C=O) groups is 1. The molecule has 0 N–H and O–H groups in total. The van der Waals surface area contributed by atoms with E-state index in [0.29, 0.717) is 24.6 Å². The number of benzene rings is 2. The predicted molar refractivity (Wildman–Crippen MR) is 107 cm³/mol. The van der Waals surface area contributed by atoms with Gasteiger partial charge in [-0.3, -0.25) is 4.79 Å². The third-order valence-electron chi connectivity index (χ3n) is 4.81. The van der Waals surface area contributed by atoms with Gasteiger partial charge in [0.05, 0.1) is 13.7 Å². The third-order valence-corrected chi connectivity index (χ3v) is 4.81. The average molecular weight is 379 g/mol. The van der Waals surface area contributed by atoms with Gasteiger partial charge in [-0.05, 0) is 61.2 Å². The molecule has 0 radical (unpaired) electrons. The van der Waals surface area contributed by atoms with Crippen molar-refractivity contribution in [3.05, 3.63) is 65.0 Å². The fourth-order valence-corrected chi connectivity index (χ4v) is 2.87. The van der Waals surface area contributed by atoms with Crippen LogP contribution < -0.4 is 4.74 Å². The number of carbonyl (C=O) groups excluding carboxylic acids is 1. The molecular formula is C22H25N3O3. The van der Waals surface area contributed by atoms with Crippen LogP contribution in [0.5, 0.6) is 5.75 Å². The molecule has 0 unspecified atom stereocenters. The number of hydrogen-bond acceptors (Lipinski definition) is 5. The second-order valence-corrected chi connectivity index (χ2v) is 6.91. The molecule has 146 valence electrons. The fraction of sp³-hybridized carbons (Fsp3) is 0.318. The Kier molecular flexibility index (Phi) is 6.09. The summed E-state index contributed by atoms with van der Waals surface area (Å²) in [7, 11) is 3.37. The highest BCUT2D eigenvalue weighted by molar-refractivity contribution is 5.76. The van der Waals surface area contributed by atoms with Gasteiger partial charge in [-0.15, -0.1) is 0 Å². The summed E-state index contributed by atoms with van der Waals surface area (Å²) in [6.07, 6.45) is 1.16. The number of hydrogen-bond donors (Lipinski definition) is 0. The Morgan fingerprint density at radius 3 is 2.54 bits per heavy atom. The van der Waals surface area contributed by atoms with Crippen LogP contribution in [0.3, 0.4) is 0 Å².